The van der Waals surface area contributed by atoms with Crippen LogP contribution in [0, 0.1) is 0 Å². The average molecular weight is 683 g/mol. The van der Waals surface area contributed by atoms with Gasteiger partial charge >= 0.3 is 12.1 Å². The number of carbonyl (C=O) groups excluding carboxylic acids is 3. The molecule has 0 radical (unpaired) electrons. The van der Waals surface area contributed by atoms with Crippen LogP contribution in [0.25, 0.3) is 0 Å². The molecule has 0 aliphatic carbocycles. The molecule has 6 rings (SSSR count). The monoisotopic (exact) mass is 682 g/mol. The predicted octanol–water partition coefficient (Wildman–Crippen LogP) is 5.77. The van der Waals surface area contributed by atoms with Crippen LogP contribution >= 0.6 is 11.8 Å². The summed E-state index contributed by atoms with van der Waals surface area (Å²) < 4.78 is 18.1. The van der Waals surface area contributed by atoms with Crippen molar-refractivity contribution >= 4 is 41.3 Å². The summed E-state index contributed by atoms with van der Waals surface area (Å²) in [6.45, 7) is -0.0708. The fourth-order valence-electron chi connectivity index (χ4n) is 5.71. The SMILES string of the molecule is O=C(NC1CC(=O)N(c2cccc(C3OC(CSc4ccccc4C(=O)O)CC(c4ccc(CO)cc4)O3)c2)C1=O)OCc1ccccc1. The second kappa shape index (κ2) is 15.5. The molecular formula is C37H34N2O9S. The van der Waals surface area contributed by atoms with E-state index in [9.17, 15) is 29.4 Å². The maximum absolute atomic E-state index is 13.4. The molecule has 49 heavy (non-hydrogen) atoms. The summed E-state index contributed by atoms with van der Waals surface area (Å²) in [4.78, 5) is 52.3. The number of anilines is 1. The molecule has 252 valence electrons. The van der Waals surface area contributed by atoms with Crippen LogP contribution in [0.1, 0.15) is 57.8 Å². The van der Waals surface area contributed by atoms with Gasteiger partial charge in [-0.15, -0.1) is 11.8 Å². The Kier molecular flexibility index (Phi) is 10.7. The zero-order valence-corrected chi connectivity index (χ0v) is 27.1. The minimum absolute atomic E-state index is 0.0207. The fourth-order valence-corrected chi connectivity index (χ4v) is 6.77. The third kappa shape index (κ3) is 8.18. The van der Waals surface area contributed by atoms with E-state index in [4.69, 9.17) is 14.2 Å². The molecular weight excluding hydrogens is 648 g/mol. The number of nitrogens with zero attached hydrogens (tertiary/aromatic N) is 1. The summed E-state index contributed by atoms with van der Waals surface area (Å²) in [5.74, 6) is -1.64. The van der Waals surface area contributed by atoms with Crippen molar-refractivity contribution in [1.29, 1.82) is 0 Å². The van der Waals surface area contributed by atoms with Crippen molar-refractivity contribution in [3.05, 3.63) is 131 Å². The van der Waals surface area contributed by atoms with E-state index in [0.717, 1.165) is 21.6 Å². The quantitative estimate of drug-likeness (QED) is 0.131. The van der Waals surface area contributed by atoms with Gasteiger partial charge in [0.15, 0.2) is 6.29 Å². The second-order valence-electron chi connectivity index (χ2n) is 11.6. The molecule has 2 aliphatic rings. The number of ether oxygens (including phenoxy) is 3. The first-order chi connectivity index (χ1) is 23.8. The normalized spacial score (nSPS) is 20.6. The molecule has 4 aromatic rings. The summed E-state index contributed by atoms with van der Waals surface area (Å²) in [5, 5.41) is 21.7. The van der Waals surface area contributed by atoms with Gasteiger partial charge in [-0.25, -0.2) is 14.5 Å². The van der Waals surface area contributed by atoms with E-state index in [0.29, 0.717) is 28.3 Å². The van der Waals surface area contributed by atoms with Crippen molar-refractivity contribution < 1.29 is 43.6 Å². The van der Waals surface area contributed by atoms with Crippen molar-refractivity contribution in [3.8, 4) is 0 Å². The molecule has 12 heteroatoms. The lowest BCUT2D eigenvalue weighted by atomic mass is 10.0. The smallest absolute Gasteiger partial charge is 0.408 e. The molecule has 3 N–H and O–H groups in total. The Morgan fingerprint density at radius 2 is 1.63 bits per heavy atom. The molecule has 11 nitrogen and oxygen atoms in total. The highest BCUT2D eigenvalue weighted by Gasteiger charge is 2.41. The summed E-state index contributed by atoms with van der Waals surface area (Å²) in [7, 11) is 0. The van der Waals surface area contributed by atoms with E-state index >= 15 is 0 Å². The van der Waals surface area contributed by atoms with Gasteiger partial charge in [0.2, 0.25) is 5.91 Å². The van der Waals surface area contributed by atoms with Gasteiger partial charge in [-0.3, -0.25) is 9.59 Å². The Morgan fingerprint density at radius 1 is 0.878 bits per heavy atom. The number of carboxylic acids is 1. The van der Waals surface area contributed by atoms with Crippen molar-refractivity contribution in [2.75, 3.05) is 10.7 Å². The van der Waals surface area contributed by atoms with E-state index in [1.54, 1.807) is 60.7 Å². The van der Waals surface area contributed by atoms with Crippen LogP contribution in [0.5, 0.6) is 0 Å². The molecule has 2 fully saturated rings. The summed E-state index contributed by atoms with van der Waals surface area (Å²) in [5.41, 5.74) is 3.49. The zero-order chi connectivity index (χ0) is 34.3. The maximum Gasteiger partial charge on any atom is 0.408 e. The lowest BCUT2D eigenvalue weighted by molar-refractivity contribution is -0.245. The van der Waals surface area contributed by atoms with E-state index < -0.39 is 42.3 Å². The molecule has 4 aromatic carbocycles. The van der Waals surface area contributed by atoms with E-state index in [1.807, 2.05) is 42.5 Å². The number of rotatable bonds is 11. The highest BCUT2D eigenvalue weighted by molar-refractivity contribution is 7.99. The van der Waals surface area contributed by atoms with Crippen LogP contribution in [0.3, 0.4) is 0 Å². The third-order valence-corrected chi connectivity index (χ3v) is 9.41. The number of alkyl carbamates (subject to hydrolysis) is 1. The number of thioether (sulfide) groups is 1. The van der Waals surface area contributed by atoms with Crippen LogP contribution in [-0.2, 0) is 37.0 Å². The van der Waals surface area contributed by atoms with Crippen LogP contribution in [-0.4, -0.2) is 52.0 Å². The molecule has 0 bridgehead atoms. The third-order valence-electron chi connectivity index (χ3n) is 8.21. The Labute approximate surface area is 286 Å². The molecule has 0 saturated carbocycles. The van der Waals surface area contributed by atoms with E-state index in [1.165, 1.54) is 11.8 Å². The lowest BCUT2D eigenvalue weighted by Gasteiger charge is -2.36. The Balaban J connectivity index is 1.18. The molecule has 0 aromatic heterocycles. The zero-order valence-electron chi connectivity index (χ0n) is 26.3. The number of hydrogen-bond acceptors (Lipinski definition) is 9. The van der Waals surface area contributed by atoms with Gasteiger partial charge in [-0.2, -0.15) is 0 Å². The van der Waals surface area contributed by atoms with E-state index in [-0.39, 0.29) is 31.3 Å². The summed E-state index contributed by atoms with van der Waals surface area (Å²) in [6, 6.07) is 29.0. The second-order valence-corrected chi connectivity index (χ2v) is 12.6. The molecule has 4 unspecified atom stereocenters. The van der Waals surface area contributed by atoms with Crippen molar-refractivity contribution in [2.45, 2.75) is 55.5 Å². The number of aromatic carboxylic acids is 1. The van der Waals surface area contributed by atoms with E-state index in [2.05, 4.69) is 5.32 Å². The number of benzene rings is 4. The highest BCUT2D eigenvalue weighted by Crippen LogP contribution is 2.40. The number of carboxylic acid groups (broad SMARTS) is 1. The minimum atomic E-state index is -1.08. The van der Waals surface area contributed by atoms with Crippen LogP contribution in [0.15, 0.2) is 108 Å². The molecule has 4 atom stereocenters. The Morgan fingerprint density at radius 3 is 2.39 bits per heavy atom. The molecule has 3 amide bonds. The number of carbonyl (C=O) groups is 4. The first-order valence-corrected chi connectivity index (χ1v) is 16.7. The van der Waals surface area contributed by atoms with Crippen LogP contribution in [0.2, 0.25) is 0 Å². The molecule has 0 spiro atoms. The highest BCUT2D eigenvalue weighted by atomic mass is 32.2. The van der Waals surface area contributed by atoms with Crippen LogP contribution < -0.4 is 10.2 Å². The topological polar surface area (TPSA) is 152 Å². The summed E-state index contributed by atoms with van der Waals surface area (Å²) in [6.07, 6.45) is -2.19. The van der Waals surface area contributed by atoms with Crippen molar-refractivity contribution in [3.63, 3.8) is 0 Å². The standard InChI is InChI=1S/C37H34N2O9S/c40-20-23-13-15-25(16-14-23)31-18-28(22-49-32-12-5-4-11-29(32)35(43)44)47-36(48-31)26-9-6-10-27(17-26)39-33(41)19-30(34(39)42)38-37(45)46-21-24-7-2-1-3-8-24/h1-17,28,30-31,36,40H,18-22H2,(H,38,45)(H,43,44). The van der Waals surface area contributed by atoms with Gasteiger partial charge in [0.1, 0.15) is 12.6 Å². The Bertz CT molecular complexity index is 1820. The van der Waals surface area contributed by atoms with Crippen LogP contribution in [0.4, 0.5) is 10.5 Å². The van der Waals surface area contributed by atoms with Crippen molar-refractivity contribution in [1.82, 2.24) is 5.32 Å². The van der Waals surface area contributed by atoms with Gasteiger partial charge in [-0.05, 0) is 41.0 Å². The average Bonchev–Trinajstić information content (AvgIpc) is 3.41. The number of nitrogens with one attached hydrogen (secondary N) is 1. The molecule has 2 aliphatic heterocycles. The molecule has 2 heterocycles. The number of hydrogen-bond donors (Lipinski definition) is 3. The Hall–Kier alpha value is -5.01. The number of amides is 3. The maximum atomic E-state index is 13.4. The summed E-state index contributed by atoms with van der Waals surface area (Å²) >= 11 is 1.38. The number of aliphatic hydroxyl groups is 1. The minimum Gasteiger partial charge on any atom is -0.478 e. The number of aliphatic hydroxyl groups excluding tert-OH is 1. The first-order valence-electron chi connectivity index (χ1n) is 15.7. The fraction of sp³-hybridized carbons (Fsp3) is 0.243. The van der Waals surface area contributed by atoms with Gasteiger partial charge in [-0.1, -0.05) is 78.9 Å². The largest absolute Gasteiger partial charge is 0.478 e. The van der Waals surface area contributed by atoms with Gasteiger partial charge in [0.25, 0.3) is 5.91 Å². The van der Waals surface area contributed by atoms with Gasteiger partial charge in [0, 0.05) is 22.6 Å². The van der Waals surface area contributed by atoms with Crippen molar-refractivity contribution in [2.24, 2.45) is 0 Å². The predicted molar refractivity (Wildman–Crippen MR) is 180 cm³/mol. The van der Waals surface area contributed by atoms with Gasteiger partial charge < -0.3 is 29.7 Å². The first kappa shape index (κ1) is 33.9. The lowest BCUT2D eigenvalue weighted by Crippen LogP contribution is -2.42. The molecule has 2 saturated heterocycles. The number of imide groups is 1. The van der Waals surface area contributed by atoms with Gasteiger partial charge in [0.05, 0.1) is 36.5 Å².